The monoisotopic (exact) mass is 424 g/mol. The highest BCUT2D eigenvalue weighted by Gasteiger charge is 2.06. The summed E-state index contributed by atoms with van der Waals surface area (Å²) >= 11 is 0. The molecule has 1 amide bonds. The van der Waals surface area contributed by atoms with E-state index in [0.29, 0.717) is 13.0 Å². The lowest BCUT2D eigenvalue weighted by Crippen LogP contribution is -2.41. The molecule has 0 aliphatic rings. The third kappa shape index (κ3) is 12.9. The van der Waals surface area contributed by atoms with Crippen molar-refractivity contribution >= 4 is 35.8 Å². The molecule has 0 unspecified atom stereocenters. The van der Waals surface area contributed by atoms with Crippen LogP contribution in [-0.4, -0.2) is 50.5 Å². The fraction of sp³-hybridized carbons (Fsp3) is 0.750. The van der Waals surface area contributed by atoms with Crippen molar-refractivity contribution in [1.82, 2.24) is 15.5 Å². The van der Waals surface area contributed by atoms with Crippen molar-refractivity contribution in [2.45, 2.75) is 45.4 Å². The summed E-state index contributed by atoms with van der Waals surface area (Å²) in [6.07, 6.45) is 8.04. The van der Waals surface area contributed by atoms with Crippen molar-refractivity contribution in [1.29, 1.82) is 0 Å². The van der Waals surface area contributed by atoms with Crippen molar-refractivity contribution in [3.8, 4) is 0 Å². The van der Waals surface area contributed by atoms with Crippen molar-refractivity contribution in [2.75, 3.05) is 33.7 Å². The van der Waals surface area contributed by atoms with Crippen LogP contribution in [0, 0.1) is 0 Å². The first-order chi connectivity index (χ1) is 10.2. The summed E-state index contributed by atoms with van der Waals surface area (Å²) in [6.45, 7) is 8.11. The first-order valence-electron chi connectivity index (χ1n) is 7.95. The molecule has 0 spiro atoms. The number of hydrogen-bond donors (Lipinski definition) is 2. The molecule has 0 fully saturated rings. The van der Waals surface area contributed by atoms with Gasteiger partial charge in [0.15, 0.2) is 5.96 Å². The molecule has 0 saturated heterocycles. The van der Waals surface area contributed by atoms with E-state index < -0.39 is 0 Å². The molecule has 0 rings (SSSR count). The van der Waals surface area contributed by atoms with E-state index in [2.05, 4.69) is 27.1 Å². The Kier molecular flexibility index (Phi) is 17.7. The number of aliphatic imine (C=N–C) groups is 1. The topological polar surface area (TPSA) is 56.7 Å². The van der Waals surface area contributed by atoms with Gasteiger partial charge < -0.3 is 15.5 Å². The van der Waals surface area contributed by atoms with Crippen LogP contribution >= 0.6 is 24.0 Å². The molecular formula is C16H33IN4O. The van der Waals surface area contributed by atoms with Crippen LogP contribution in [0.5, 0.6) is 0 Å². The summed E-state index contributed by atoms with van der Waals surface area (Å²) in [5, 5.41) is 6.09. The Bertz CT molecular complexity index is 321. The highest BCUT2D eigenvalue weighted by molar-refractivity contribution is 14.0. The number of carbonyl (C=O) groups excluding carboxylic acids is 1. The SMILES string of the molecule is C=CCCCCCN(C)C(=NC)NCCC(=O)NCCC.I. The second-order valence-corrected chi connectivity index (χ2v) is 5.13. The minimum Gasteiger partial charge on any atom is -0.356 e. The highest BCUT2D eigenvalue weighted by Crippen LogP contribution is 2.01. The Hall–Kier alpha value is -0.790. The van der Waals surface area contributed by atoms with Crippen LogP contribution in [0.1, 0.15) is 45.4 Å². The first kappa shape index (κ1) is 23.5. The molecule has 0 saturated carbocycles. The lowest BCUT2D eigenvalue weighted by Gasteiger charge is -2.22. The minimum atomic E-state index is 0. The van der Waals surface area contributed by atoms with E-state index in [1.54, 1.807) is 7.05 Å². The average Bonchev–Trinajstić information content (AvgIpc) is 2.49. The predicted molar refractivity (Wildman–Crippen MR) is 106 cm³/mol. The van der Waals surface area contributed by atoms with Gasteiger partial charge in [0.1, 0.15) is 0 Å². The van der Waals surface area contributed by atoms with Gasteiger partial charge in [0, 0.05) is 40.2 Å². The van der Waals surface area contributed by atoms with Crippen molar-refractivity contribution in [2.24, 2.45) is 4.99 Å². The third-order valence-corrected chi connectivity index (χ3v) is 3.18. The van der Waals surface area contributed by atoms with Crippen LogP contribution < -0.4 is 10.6 Å². The van der Waals surface area contributed by atoms with Crippen LogP contribution in [0.4, 0.5) is 0 Å². The second kappa shape index (κ2) is 16.6. The highest BCUT2D eigenvalue weighted by atomic mass is 127. The standard InChI is InChI=1S/C16H32N4O.HI/c1-5-7-8-9-10-14-20(4)16(17-3)19-13-11-15(21)18-12-6-2;/h5H,1,6-14H2,2-4H3,(H,17,19)(H,18,21);1H. The Labute approximate surface area is 153 Å². The van der Waals surface area contributed by atoms with Gasteiger partial charge in [-0.1, -0.05) is 19.4 Å². The molecule has 0 atom stereocenters. The molecule has 6 heteroatoms. The van der Waals surface area contributed by atoms with Crippen molar-refractivity contribution in [3.63, 3.8) is 0 Å². The van der Waals surface area contributed by atoms with Gasteiger partial charge in [-0.25, -0.2) is 0 Å². The van der Waals surface area contributed by atoms with E-state index in [-0.39, 0.29) is 29.9 Å². The normalized spacial score (nSPS) is 10.6. The van der Waals surface area contributed by atoms with Gasteiger partial charge in [0.05, 0.1) is 0 Å². The van der Waals surface area contributed by atoms with Gasteiger partial charge >= 0.3 is 0 Å². The van der Waals surface area contributed by atoms with Crippen LogP contribution in [0.25, 0.3) is 0 Å². The predicted octanol–water partition coefficient (Wildman–Crippen LogP) is 2.77. The summed E-state index contributed by atoms with van der Waals surface area (Å²) < 4.78 is 0. The number of halogens is 1. The molecule has 2 N–H and O–H groups in total. The molecule has 0 aromatic carbocycles. The summed E-state index contributed by atoms with van der Waals surface area (Å²) in [4.78, 5) is 17.9. The molecule has 0 aromatic heterocycles. The number of allylic oxidation sites excluding steroid dienone is 1. The van der Waals surface area contributed by atoms with Crippen molar-refractivity contribution in [3.05, 3.63) is 12.7 Å². The van der Waals surface area contributed by atoms with Gasteiger partial charge in [-0.3, -0.25) is 9.79 Å². The number of unbranched alkanes of at least 4 members (excludes halogenated alkanes) is 3. The van der Waals surface area contributed by atoms with E-state index in [0.717, 1.165) is 38.3 Å². The molecule has 0 heterocycles. The molecule has 0 aliphatic carbocycles. The zero-order chi connectivity index (χ0) is 15.9. The van der Waals surface area contributed by atoms with E-state index in [1.165, 1.54) is 12.8 Å². The van der Waals surface area contributed by atoms with E-state index in [4.69, 9.17) is 0 Å². The van der Waals surface area contributed by atoms with Gasteiger partial charge in [-0.15, -0.1) is 30.6 Å². The summed E-state index contributed by atoms with van der Waals surface area (Å²) in [5.74, 6) is 0.939. The molecule has 0 radical (unpaired) electrons. The Morgan fingerprint density at radius 1 is 1.23 bits per heavy atom. The number of guanidine groups is 1. The van der Waals surface area contributed by atoms with Crippen LogP contribution in [0.3, 0.4) is 0 Å². The number of nitrogens with one attached hydrogen (secondary N) is 2. The van der Waals surface area contributed by atoms with Gasteiger partial charge in [-0.2, -0.15) is 0 Å². The average molecular weight is 424 g/mol. The molecule has 0 aromatic rings. The van der Waals surface area contributed by atoms with Crippen LogP contribution in [0.2, 0.25) is 0 Å². The maximum atomic E-state index is 11.5. The molecule has 0 aliphatic heterocycles. The smallest absolute Gasteiger partial charge is 0.221 e. The summed E-state index contributed by atoms with van der Waals surface area (Å²) in [5.41, 5.74) is 0. The number of amides is 1. The largest absolute Gasteiger partial charge is 0.356 e. The zero-order valence-electron chi connectivity index (χ0n) is 14.4. The lowest BCUT2D eigenvalue weighted by molar-refractivity contribution is -0.120. The Morgan fingerprint density at radius 3 is 2.55 bits per heavy atom. The molecule has 22 heavy (non-hydrogen) atoms. The van der Waals surface area contributed by atoms with E-state index in [1.807, 2.05) is 20.0 Å². The Morgan fingerprint density at radius 2 is 1.95 bits per heavy atom. The number of nitrogens with zero attached hydrogens (tertiary/aromatic N) is 2. The summed E-state index contributed by atoms with van der Waals surface area (Å²) in [6, 6.07) is 0. The quantitative estimate of drug-likeness (QED) is 0.176. The number of hydrogen-bond acceptors (Lipinski definition) is 2. The van der Waals surface area contributed by atoms with Gasteiger partial charge in [0.2, 0.25) is 5.91 Å². The Balaban J connectivity index is 0. The van der Waals surface area contributed by atoms with Crippen LogP contribution in [0.15, 0.2) is 17.6 Å². The fourth-order valence-electron chi connectivity index (χ4n) is 1.95. The fourth-order valence-corrected chi connectivity index (χ4v) is 1.95. The van der Waals surface area contributed by atoms with E-state index >= 15 is 0 Å². The molecule has 5 nitrogen and oxygen atoms in total. The first-order valence-corrected chi connectivity index (χ1v) is 7.95. The van der Waals surface area contributed by atoms with Gasteiger partial charge in [-0.05, 0) is 25.7 Å². The minimum absolute atomic E-state index is 0. The zero-order valence-corrected chi connectivity index (χ0v) is 16.7. The maximum absolute atomic E-state index is 11.5. The summed E-state index contributed by atoms with van der Waals surface area (Å²) in [7, 11) is 3.80. The number of carbonyl (C=O) groups is 1. The molecule has 130 valence electrons. The number of rotatable bonds is 11. The lowest BCUT2D eigenvalue weighted by atomic mass is 10.2. The second-order valence-electron chi connectivity index (χ2n) is 5.13. The van der Waals surface area contributed by atoms with E-state index in [9.17, 15) is 4.79 Å². The maximum Gasteiger partial charge on any atom is 0.221 e. The van der Waals surface area contributed by atoms with Crippen LogP contribution in [-0.2, 0) is 4.79 Å². The molecular weight excluding hydrogens is 391 g/mol. The van der Waals surface area contributed by atoms with Gasteiger partial charge in [0.25, 0.3) is 0 Å². The third-order valence-electron chi connectivity index (χ3n) is 3.18. The molecule has 0 bridgehead atoms. The van der Waals surface area contributed by atoms with Crippen molar-refractivity contribution < 1.29 is 4.79 Å².